The zero-order chi connectivity index (χ0) is 15.6. The number of hydrogen-bond acceptors (Lipinski definition) is 2. The molecule has 0 spiro atoms. The first-order chi connectivity index (χ1) is 9.88. The van der Waals surface area contributed by atoms with E-state index in [0.29, 0.717) is 12.1 Å². The highest BCUT2D eigenvalue weighted by molar-refractivity contribution is 5.94. The van der Waals surface area contributed by atoms with E-state index in [1.165, 1.54) is 6.07 Å². The molecule has 0 heterocycles. The van der Waals surface area contributed by atoms with E-state index in [1.807, 2.05) is 0 Å². The molecule has 2 rings (SSSR count). The zero-order valence-electron chi connectivity index (χ0n) is 10.6. The van der Waals surface area contributed by atoms with E-state index in [9.17, 15) is 22.4 Å². The fourth-order valence-electron chi connectivity index (χ4n) is 1.73. The van der Waals surface area contributed by atoms with E-state index in [1.54, 1.807) is 0 Å². The fourth-order valence-corrected chi connectivity index (χ4v) is 1.73. The predicted octanol–water partition coefficient (Wildman–Crippen LogP) is 2.95. The van der Waals surface area contributed by atoms with E-state index >= 15 is 0 Å². The molecule has 2 aromatic carbocycles. The van der Waals surface area contributed by atoms with Gasteiger partial charge < -0.3 is 11.1 Å². The molecule has 0 aliphatic heterocycles. The van der Waals surface area contributed by atoms with Crippen LogP contribution in [0.2, 0.25) is 0 Å². The van der Waals surface area contributed by atoms with Crippen LogP contribution in [-0.2, 0) is 6.54 Å². The van der Waals surface area contributed by atoms with Crippen LogP contribution in [-0.4, -0.2) is 5.91 Å². The van der Waals surface area contributed by atoms with Crippen LogP contribution in [0.25, 0.3) is 0 Å². The summed E-state index contributed by atoms with van der Waals surface area (Å²) in [4.78, 5) is 11.0. The van der Waals surface area contributed by atoms with Crippen molar-refractivity contribution in [2.75, 3.05) is 5.32 Å². The van der Waals surface area contributed by atoms with Gasteiger partial charge in [-0.15, -0.1) is 0 Å². The third kappa shape index (κ3) is 3.31. The Balaban J connectivity index is 2.23. The fraction of sp³-hybridized carbons (Fsp3) is 0.0714. The first-order valence-electron chi connectivity index (χ1n) is 5.85. The van der Waals surface area contributed by atoms with E-state index in [-0.39, 0.29) is 17.8 Å². The summed E-state index contributed by atoms with van der Waals surface area (Å²) in [7, 11) is 0. The highest BCUT2D eigenvalue weighted by atomic mass is 19.1. The van der Waals surface area contributed by atoms with Crippen molar-refractivity contribution in [3.63, 3.8) is 0 Å². The van der Waals surface area contributed by atoms with Crippen molar-refractivity contribution in [2.45, 2.75) is 6.54 Å². The molecular formula is C14H10F4N2O. The van der Waals surface area contributed by atoms with Gasteiger partial charge in [0.2, 0.25) is 0 Å². The van der Waals surface area contributed by atoms with Gasteiger partial charge in [0.1, 0.15) is 23.3 Å². The smallest absolute Gasteiger partial charge is 0.251 e. The Morgan fingerprint density at radius 1 is 1.00 bits per heavy atom. The molecule has 0 saturated heterocycles. The van der Waals surface area contributed by atoms with Crippen LogP contribution in [0.4, 0.5) is 23.2 Å². The van der Waals surface area contributed by atoms with Gasteiger partial charge in [-0.3, -0.25) is 4.79 Å². The summed E-state index contributed by atoms with van der Waals surface area (Å²) in [6.07, 6.45) is 0. The van der Waals surface area contributed by atoms with Gasteiger partial charge in [-0.25, -0.2) is 17.6 Å². The minimum absolute atomic E-state index is 0.0840. The average Bonchev–Trinajstić information content (AvgIpc) is 2.39. The van der Waals surface area contributed by atoms with Crippen molar-refractivity contribution in [2.24, 2.45) is 5.73 Å². The molecule has 0 radical (unpaired) electrons. The Bertz CT molecular complexity index is 704. The highest BCUT2D eigenvalue weighted by Crippen LogP contribution is 2.20. The zero-order valence-corrected chi connectivity index (χ0v) is 10.6. The van der Waals surface area contributed by atoms with Crippen molar-refractivity contribution >= 4 is 11.6 Å². The van der Waals surface area contributed by atoms with Gasteiger partial charge in [0.25, 0.3) is 5.91 Å². The molecule has 1 amide bonds. The van der Waals surface area contributed by atoms with Crippen molar-refractivity contribution < 1.29 is 22.4 Å². The number of amides is 1. The topological polar surface area (TPSA) is 55.1 Å². The SMILES string of the molecule is NC(=O)c1cc(NCc2ccc(F)cc2F)c(F)cc1F. The number of nitrogens with two attached hydrogens (primary N) is 1. The van der Waals surface area contributed by atoms with Gasteiger partial charge in [-0.1, -0.05) is 6.07 Å². The van der Waals surface area contributed by atoms with Gasteiger partial charge in [-0.05, 0) is 12.1 Å². The van der Waals surface area contributed by atoms with E-state index in [2.05, 4.69) is 5.32 Å². The normalized spacial score (nSPS) is 10.5. The quantitative estimate of drug-likeness (QED) is 0.853. The molecule has 0 fully saturated rings. The summed E-state index contributed by atoms with van der Waals surface area (Å²) in [6, 6.07) is 4.33. The number of halogens is 4. The van der Waals surface area contributed by atoms with Crippen LogP contribution >= 0.6 is 0 Å². The van der Waals surface area contributed by atoms with Gasteiger partial charge in [0.05, 0.1) is 11.3 Å². The predicted molar refractivity (Wildman–Crippen MR) is 68.6 cm³/mol. The number of benzene rings is 2. The molecule has 21 heavy (non-hydrogen) atoms. The molecule has 0 aliphatic carbocycles. The van der Waals surface area contributed by atoms with Gasteiger partial charge in [-0.2, -0.15) is 0 Å². The lowest BCUT2D eigenvalue weighted by Gasteiger charge is -2.10. The molecule has 0 aromatic heterocycles. The number of carbonyl (C=O) groups excluding carboxylic acids is 1. The summed E-state index contributed by atoms with van der Waals surface area (Å²) in [5.74, 6) is -4.64. The van der Waals surface area contributed by atoms with E-state index < -0.39 is 34.7 Å². The number of primary amides is 1. The molecular weight excluding hydrogens is 288 g/mol. The van der Waals surface area contributed by atoms with Gasteiger partial charge in [0.15, 0.2) is 0 Å². The lowest BCUT2D eigenvalue weighted by Crippen LogP contribution is -2.14. The maximum absolute atomic E-state index is 13.6. The van der Waals surface area contributed by atoms with Crippen LogP contribution in [0.1, 0.15) is 15.9 Å². The number of rotatable bonds is 4. The second kappa shape index (κ2) is 5.82. The number of nitrogens with one attached hydrogen (secondary N) is 1. The second-order valence-electron chi connectivity index (χ2n) is 4.27. The molecule has 7 heteroatoms. The maximum atomic E-state index is 13.6. The summed E-state index contributed by atoms with van der Waals surface area (Å²) >= 11 is 0. The molecule has 2 aromatic rings. The van der Waals surface area contributed by atoms with Crippen molar-refractivity contribution in [1.82, 2.24) is 0 Å². The first kappa shape index (κ1) is 14.8. The minimum atomic E-state index is -1.08. The van der Waals surface area contributed by atoms with Crippen LogP contribution < -0.4 is 11.1 Å². The molecule has 0 aliphatic rings. The largest absolute Gasteiger partial charge is 0.378 e. The molecule has 3 N–H and O–H groups in total. The number of hydrogen-bond donors (Lipinski definition) is 2. The van der Waals surface area contributed by atoms with Gasteiger partial charge >= 0.3 is 0 Å². The Hall–Kier alpha value is -2.57. The number of carbonyl (C=O) groups is 1. The molecule has 0 bridgehead atoms. The second-order valence-corrected chi connectivity index (χ2v) is 4.27. The molecule has 0 unspecified atom stereocenters. The van der Waals surface area contributed by atoms with Crippen LogP contribution in [0.5, 0.6) is 0 Å². The summed E-state index contributed by atoms with van der Waals surface area (Å²) in [5, 5.41) is 2.50. The minimum Gasteiger partial charge on any atom is -0.378 e. The molecule has 110 valence electrons. The number of anilines is 1. The maximum Gasteiger partial charge on any atom is 0.251 e. The van der Waals surface area contributed by atoms with Crippen molar-refractivity contribution in [3.05, 3.63) is 64.7 Å². The Morgan fingerprint density at radius 2 is 1.71 bits per heavy atom. The molecule has 0 saturated carbocycles. The average molecular weight is 298 g/mol. The van der Waals surface area contributed by atoms with Crippen LogP contribution in [0, 0.1) is 23.3 Å². The standard InChI is InChI=1S/C14H10F4N2O/c15-8-2-1-7(10(16)3-8)6-20-13-4-9(14(19)21)11(17)5-12(13)18/h1-5,20H,6H2,(H2,19,21). The summed E-state index contributed by atoms with van der Waals surface area (Å²) < 4.78 is 53.0. The molecule has 3 nitrogen and oxygen atoms in total. The molecule has 0 atom stereocenters. The van der Waals surface area contributed by atoms with Crippen molar-refractivity contribution in [3.8, 4) is 0 Å². The van der Waals surface area contributed by atoms with Crippen LogP contribution in [0.3, 0.4) is 0 Å². The summed E-state index contributed by atoms with van der Waals surface area (Å²) in [6.45, 7) is -0.174. The highest BCUT2D eigenvalue weighted by Gasteiger charge is 2.14. The Labute approximate surface area is 117 Å². The first-order valence-corrected chi connectivity index (χ1v) is 5.85. The third-order valence-corrected chi connectivity index (χ3v) is 2.81. The Kier molecular flexibility index (Phi) is 4.11. The summed E-state index contributed by atoms with van der Waals surface area (Å²) in [5.41, 5.74) is 4.33. The lowest BCUT2D eigenvalue weighted by atomic mass is 10.1. The Morgan fingerprint density at radius 3 is 2.33 bits per heavy atom. The van der Waals surface area contributed by atoms with Crippen molar-refractivity contribution in [1.29, 1.82) is 0 Å². The lowest BCUT2D eigenvalue weighted by molar-refractivity contribution is 0.0996. The van der Waals surface area contributed by atoms with Gasteiger partial charge in [0, 0.05) is 24.2 Å². The monoisotopic (exact) mass is 298 g/mol. The van der Waals surface area contributed by atoms with Crippen LogP contribution in [0.15, 0.2) is 30.3 Å². The van der Waals surface area contributed by atoms with E-state index in [0.717, 1.165) is 12.1 Å². The third-order valence-electron chi connectivity index (χ3n) is 2.81. The van der Waals surface area contributed by atoms with E-state index in [4.69, 9.17) is 5.73 Å².